The summed E-state index contributed by atoms with van der Waals surface area (Å²) in [6.07, 6.45) is 9.04. The molecule has 2 saturated heterocycles. The van der Waals surface area contributed by atoms with Gasteiger partial charge >= 0.3 is 5.69 Å². The van der Waals surface area contributed by atoms with Gasteiger partial charge < -0.3 is 10.2 Å². The number of aromatic nitrogens is 2. The Balaban J connectivity index is 1.35. The third-order valence-corrected chi connectivity index (χ3v) is 6.98. The fourth-order valence-electron chi connectivity index (χ4n) is 5.14. The van der Waals surface area contributed by atoms with Crippen LogP contribution in [0, 0.1) is 0 Å². The van der Waals surface area contributed by atoms with Crippen molar-refractivity contribution in [1.29, 1.82) is 0 Å². The molecule has 1 atom stereocenters. The van der Waals surface area contributed by atoms with Crippen molar-refractivity contribution in [3.63, 3.8) is 0 Å². The second-order valence-corrected chi connectivity index (χ2v) is 9.47. The number of piperidine rings is 2. The van der Waals surface area contributed by atoms with E-state index in [9.17, 15) is 19.2 Å². The van der Waals surface area contributed by atoms with Crippen molar-refractivity contribution in [2.45, 2.75) is 70.3 Å². The molecule has 0 spiro atoms. The number of nitrogens with one attached hydrogen (secondary N) is 2. The number of carbonyl (C=O) groups is 3. The van der Waals surface area contributed by atoms with Crippen LogP contribution in [-0.2, 0) is 21.4 Å². The molecule has 4 rings (SSSR count). The smallest absolute Gasteiger partial charge is 0.324 e. The van der Waals surface area contributed by atoms with Crippen LogP contribution in [0.4, 0.5) is 5.69 Å². The Hall–Kier alpha value is -2.94. The van der Waals surface area contributed by atoms with Crippen molar-refractivity contribution in [1.82, 2.24) is 19.4 Å². The number of carbonyl (C=O) groups excluding carboxylic acids is 3. The predicted molar refractivity (Wildman–Crippen MR) is 131 cm³/mol. The average molecular weight is 470 g/mol. The molecular formula is C25H35N5O4. The van der Waals surface area contributed by atoms with E-state index in [-0.39, 0.29) is 30.3 Å². The number of anilines is 1. The second kappa shape index (κ2) is 11.0. The molecule has 1 unspecified atom stereocenters. The molecule has 3 amide bonds. The molecule has 9 nitrogen and oxygen atoms in total. The number of amides is 3. The molecule has 2 fully saturated rings. The highest BCUT2D eigenvalue weighted by Gasteiger charge is 2.31. The van der Waals surface area contributed by atoms with Gasteiger partial charge in [-0.2, -0.15) is 0 Å². The number of para-hydroxylation sites is 1. The molecule has 34 heavy (non-hydrogen) atoms. The van der Waals surface area contributed by atoms with E-state index in [2.05, 4.69) is 15.5 Å². The monoisotopic (exact) mass is 469 g/mol. The highest BCUT2D eigenvalue weighted by molar-refractivity contribution is 6.02. The normalized spacial score (nSPS) is 19.4. The minimum atomic E-state index is -0.746. The molecule has 2 aromatic rings. The number of likely N-dealkylation sites (tertiary alicyclic amines) is 1. The summed E-state index contributed by atoms with van der Waals surface area (Å²) in [5.41, 5.74) is 1.35. The summed E-state index contributed by atoms with van der Waals surface area (Å²) < 4.78 is 2.88. The van der Waals surface area contributed by atoms with E-state index < -0.39 is 11.9 Å². The van der Waals surface area contributed by atoms with Crippen molar-refractivity contribution in [3.8, 4) is 0 Å². The fourth-order valence-corrected chi connectivity index (χ4v) is 5.14. The molecule has 0 saturated carbocycles. The van der Waals surface area contributed by atoms with E-state index in [0.717, 1.165) is 25.8 Å². The Morgan fingerprint density at radius 3 is 2.59 bits per heavy atom. The first-order valence-corrected chi connectivity index (χ1v) is 12.5. The quantitative estimate of drug-likeness (QED) is 0.434. The molecule has 3 heterocycles. The van der Waals surface area contributed by atoms with Gasteiger partial charge in [-0.1, -0.05) is 25.3 Å². The van der Waals surface area contributed by atoms with E-state index in [0.29, 0.717) is 23.1 Å². The van der Waals surface area contributed by atoms with Crippen LogP contribution in [0.5, 0.6) is 0 Å². The molecule has 1 aromatic carbocycles. The van der Waals surface area contributed by atoms with Gasteiger partial charge in [-0.3, -0.25) is 28.8 Å². The molecule has 1 aromatic heterocycles. The van der Waals surface area contributed by atoms with E-state index in [1.807, 2.05) is 0 Å². The Kier molecular flexibility index (Phi) is 7.82. The number of benzene rings is 1. The number of nitrogens with zero attached hydrogens (tertiary/aromatic N) is 3. The molecule has 184 valence electrons. The molecule has 2 aliphatic heterocycles. The van der Waals surface area contributed by atoms with Crippen LogP contribution in [0.3, 0.4) is 0 Å². The summed E-state index contributed by atoms with van der Waals surface area (Å²) in [5, 5.41) is 5.27. The van der Waals surface area contributed by atoms with E-state index in [1.54, 1.807) is 25.2 Å². The molecule has 0 bridgehead atoms. The Bertz CT molecular complexity index is 1110. The Morgan fingerprint density at radius 1 is 1.06 bits per heavy atom. The lowest BCUT2D eigenvalue weighted by Gasteiger charge is -2.26. The highest BCUT2D eigenvalue weighted by Crippen LogP contribution is 2.27. The van der Waals surface area contributed by atoms with Gasteiger partial charge in [0.25, 0.3) is 0 Å². The largest absolute Gasteiger partial charge is 0.329 e. The first-order valence-electron chi connectivity index (χ1n) is 12.5. The second-order valence-electron chi connectivity index (χ2n) is 9.47. The third-order valence-electron chi connectivity index (χ3n) is 6.98. The van der Waals surface area contributed by atoms with Gasteiger partial charge in [0.2, 0.25) is 17.7 Å². The number of aryl methyl sites for hydroxylation is 1. The zero-order valence-electron chi connectivity index (χ0n) is 20.0. The van der Waals surface area contributed by atoms with Crippen molar-refractivity contribution in [2.75, 3.05) is 25.0 Å². The van der Waals surface area contributed by atoms with E-state index in [4.69, 9.17) is 0 Å². The predicted octanol–water partition coefficient (Wildman–Crippen LogP) is 2.69. The van der Waals surface area contributed by atoms with Crippen LogP contribution in [0.25, 0.3) is 11.0 Å². The van der Waals surface area contributed by atoms with Crippen molar-refractivity contribution in [3.05, 3.63) is 28.7 Å². The maximum Gasteiger partial charge on any atom is 0.329 e. The van der Waals surface area contributed by atoms with Crippen LogP contribution in [-0.4, -0.2) is 51.4 Å². The van der Waals surface area contributed by atoms with Crippen LogP contribution in [0.15, 0.2) is 23.0 Å². The van der Waals surface area contributed by atoms with Gasteiger partial charge in [0.05, 0.1) is 16.7 Å². The molecule has 2 N–H and O–H groups in total. The summed E-state index contributed by atoms with van der Waals surface area (Å²) in [6.45, 7) is 3.61. The standard InChI is InChI=1S/C25H35N5O4/c1-28-23-18(26-21(31)12-5-2-3-6-15-29-16-7-4-8-17-29)10-9-11-19(23)30(25(28)34)20-13-14-22(32)27-24(20)33/h9-11,20H,2-8,12-17H2,1H3,(H,26,31)(H,27,32,33). The highest BCUT2D eigenvalue weighted by atomic mass is 16.2. The fraction of sp³-hybridized carbons (Fsp3) is 0.600. The number of fused-ring (bicyclic) bond motifs is 1. The number of imide groups is 1. The van der Waals surface area contributed by atoms with Crippen LogP contribution in [0.1, 0.15) is 70.3 Å². The first-order chi connectivity index (χ1) is 16.5. The summed E-state index contributed by atoms with van der Waals surface area (Å²) in [5.74, 6) is -0.876. The number of hydrogen-bond donors (Lipinski definition) is 2. The zero-order chi connectivity index (χ0) is 24.1. The number of hydrogen-bond acceptors (Lipinski definition) is 5. The summed E-state index contributed by atoms with van der Waals surface area (Å²) >= 11 is 0. The zero-order valence-corrected chi connectivity index (χ0v) is 20.0. The van der Waals surface area contributed by atoms with Gasteiger partial charge in [0.1, 0.15) is 6.04 Å². The number of rotatable bonds is 9. The maximum absolute atomic E-state index is 13.0. The van der Waals surface area contributed by atoms with Gasteiger partial charge in [-0.15, -0.1) is 0 Å². The molecule has 0 radical (unpaired) electrons. The minimum absolute atomic E-state index is 0.0789. The van der Waals surface area contributed by atoms with E-state index in [1.165, 1.54) is 47.9 Å². The third kappa shape index (κ3) is 5.41. The molecule has 2 aliphatic rings. The van der Waals surface area contributed by atoms with Gasteiger partial charge in [-0.25, -0.2) is 4.79 Å². The van der Waals surface area contributed by atoms with E-state index >= 15 is 0 Å². The SMILES string of the molecule is Cn1c(=O)n(C2CCC(=O)NC2=O)c2cccc(NC(=O)CCCCCCN3CCCCC3)c21. The molecule has 9 heteroatoms. The van der Waals surface area contributed by atoms with Crippen molar-refractivity contribution < 1.29 is 14.4 Å². The number of imidazole rings is 1. The summed E-state index contributed by atoms with van der Waals surface area (Å²) in [6, 6.07) is 4.55. The van der Waals surface area contributed by atoms with Crippen LogP contribution in [0.2, 0.25) is 0 Å². The average Bonchev–Trinajstić information content (AvgIpc) is 3.08. The molecule has 0 aliphatic carbocycles. The maximum atomic E-state index is 13.0. The Labute approximate surface area is 199 Å². The van der Waals surface area contributed by atoms with Crippen molar-refractivity contribution >= 4 is 34.4 Å². The topological polar surface area (TPSA) is 105 Å². The lowest BCUT2D eigenvalue weighted by Crippen LogP contribution is -2.44. The van der Waals surface area contributed by atoms with Gasteiger partial charge in [0, 0.05) is 19.9 Å². The van der Waals surface area contributed by atoms with Crippen LogP contribution < -0.4 is 16.3 Å². The number of unbranched alkanes of at least 4 members (excludes halogenated alkanes) is 3. The van der Waals surface area contributed by atoms with Gasteiger partial charge in [0.15, 0.2) is 0 Å². The molecular weight excluding hydrogens is 434 g/mol. The minimum Gasteiger partial charge on any atom is -0.324 e. The van der Waals surface area contributed by atoms with Gasteiger partial charge in [-0.05, 0) is 63.9 Å². The first kappa shape index (κ1) is 24.2. The lowest BCUT2D eigenvalue weighted by atomic mass is 10.1. The lowest BCUT2D eigenvalue weighted by molar-refractivity contribution is -0.135. The van der Waals surface area contributed by atoms with Crippen LogP contribution >= 0.6 is 0 Å². The Morgan fingerprint density at radius 2 is 1.82 bits per heavy atom. The summed E-state index contributed by atoms with van der Waals surface area (Å²) in [4.78, 5) is 52.0. The van der Waals surface area contributed by atoms with Crippen molar-refractivity contribution in [2.24, 2.45) is 7.05 Å². The summed E-state index contributed by atoms with van der Waals surface area (Å²) in [7, 11) is 1.63.